The molecule has 5 nitrogen and oxygen atoms in total. The molecule has 2 heterocycles. The fourth-order valence-electron chi connectivity index (χ4n) is 2.24. The number of hydrogen-bond donors (Lipinski definition) is 1. The van der Waals surface area contributed by atoms with E-state index in [1.807, 2.05) is 38.0 Å². The van der Waals surface area contributed by atoms with Crippen molar-refractivity contribution in [3.05, 3.63) is 35.0 Å². The summed E-state index contributed by atoms with van der Waals surface area (Å²) in [6.45, 7) is 6.98. The lowest BCUT2D eigenvalue weighted by atomic mass is 10.1. The van der Waals surface area contributed by atoms with Gasteiger partial charge in [0.05, 0.1) is 11.9 Å². The van der Waals surface area contributed by atoms with Crippen LogP contribution in [0.25, 0.3) is 0 Å². The molecule has 5 heteroatoms. The fraction of sp³-hybridized carbons (Fsp3) is 0.538. The number of nitrogens with one attached hydrogen (secondary N) is 1. The minimum atomic E-state index is 0.257. The molecule has 2 aromatic heterocycles. The lowest BCUT2D eigenvalue weighted by Crippen LogP contribution is -2.22. The molecule has 1 unspecified atom stereocenters. The van der Waals surface area contributed by atoms with Gasteiger partial charge in [0.2, 0.25) is 0 Å². The third-order valence-corrected chi connectivity index (χ3v) is 3.14. The molecule has 0 aliphatic rings. The van der Waals surface area contributed by atoms with Crippen molar-refractivity contribution >= 4 is 0 Å². The van der Waals surface area contributed by atoms with Crippen molar-refractivity contribution in [3.63, 3.8) is 0 Å². The van der Waals surface area contributed by atoms with E-state index in [-0.39, 0.29) is 6.04 Å². The van der Waals surface area contributed by atoms with E-state index in [0.29, 0.717) is 0 Å². The second-order valence-corrected chi connectivity index (χ2v) is 4.69. The molecule has 0 bridgehead atoms. The molecular formula is C13H20N4O. The summed E-state index contributed by atoms with van der Waals surface area (Å²) in [7, 11) is 1.93. The maximum atomic E-state index is 5.18. The summed E-state index contributed by atoms with van der Waals surface area (Å²) in [6.07, 6.45) is 4.92. The first kappa shape index (κ1) is 12.8. The van der Waals surface area contributed by atoms with Crippen LogP contribution in [0.4, 0.5) is 0 Å². The molecule has 0 aliphatic carbocycles. The van der Waals surface area contributed by atoms with Crippen molar-refractivity contribution < 1.29 is 4.52 Å². The lowest BCUT2D eigenvalue weighted by molar-refractivity contribution is 0.390. The SMILES string of the molecule is Cc1noc(C)c1C(C)NCCc1cnn(C)c1. The number of aryl methyl sites for hydroxylation is 3. The molecule has 0 aliphatic heterocycles. The van der Waals surface area contributed by atoms with Crippen LogP contribution in [0.1, 0.15) is 35.5 Å². The molecule has 0 spiro atoms. The molecule has 0 saturated carbocycles. The first-order chi connectivity index (χ1) is 8.58. The summed E-state index contributed by atoms with van der Waals surface area (Å²) in [4.78, 5) is 0. The van der Waals surface area contributed by atoms with E-state index < -0.39 is 0 Å². The monoisotopic (exact) mass is 248 g/mol. The van der Waals surface area contributed by atoms with E-state index in [0.717, 1.165) is 24.4 Å². The van der Waals surface area contributed by atoms with Gasteiger partial charge in [-0.1, -0.05) is 5.16 Å². The summed E-state index contributed by atoms with van der Waals surface area (Å²) in [5.74, 6) is 0.897. The lowest BCUT2D eigenvalue weighted by Gasteiger charge is -2.13. The molecule has 18 heavy (non-hydrogen) atoms. The Labute approximate surface area is 107 Å². The number of aromatic nitrogens is 3. The summed E-state index contributed by atoms with van der Waals surface area (Å²) in [5.41, 5.74) is 3.38. The van der Waals surface area contributed by atoms with Crippen LogP contribution in [0.5, 0.6) is 0 Å². The van der Waals surface area contributed by atoms with E-state index in [9.17, 15) is 0 Å². The predicted molar refractivity (Wildman–Crippen MR) is 69.3 cm³/mol. The van der Waals surface area contributed by atoms with E-state index in [1.165, 1.54) is 11.1 Å². The molecule has 2 rings (SSSR count). The Morgan fingerprint density at radius 3 is 2.78 bits per heavy atom. The Kier molecular flexibility index (Phi) is 3.81. The Bertz CT molecular complexity index is 495. The first-order valence-corrected chi connectivity index (χ1v) is 6.21. The molecule has 2 aromatic rings. The predicted octanol–water partition coefficient (Wildman–Crippen LogP) is 1.92. The normalized spacial score (nSPS) is 12.9. The quantitative estimate of drug-likeness (QED) is 0.878. The molecule has 0 aromatic carbocycles. The molecule has 0 saturated heterocycles. The van der Waals surface area contributed by atoms with Crippen LogP contribution in [0.15, 0.2) is 16.9 Å². The third kappa shape index (κ3) is 2.79. The van der Waals surface area contributed by atoms with Crippen molar-refractivity contribution in [3.8, 4) is 0 Å². The van der Waals surface area contributed by atoms with Crippen molar-refractivity contribution in [2.75, 3.05) is 6.54 Å². The molecule has 1 atom stereocenters. The van der Waals surface area contributed by atoms with Gasteiger partial charge in [-0.05, 0) is 39.3 Å². The zero-order chi connectivity index (χ0) is 13.1. The van der Waals surface area contributed by atoms with Crippen LogP contribution in [0.3, 0.4) is 0 Å². The first-order valence-electron chi connectivity index (χ1n) is 6.21. The second kappa shape index (κ2) is 5.35. The summed E-state index contributed by atoms with van der Waals surface area (Å²) >= 11 is 0. The largest absolute Gasteiger partial charge is 0.361 e. The van der Waals surface area contributed by atoms with Crippen molar-refractivity contribution in [2.24, 2.45) is 7.05 Å². The zero-order valence-corrected chi connectivity index (χ0v) is 11.4. The highest BCUT2D eigenvalue weighted by molar-refractivity contribution is 5.24. The van der Waals surface area contributed by atoms with Gasteiger partial charge in [0, 0.05) is 24.8 Å². The summed E-state index contributed by atoms with van der Waals surface area (Å²) in [6, 6.07) is 0.257. The number of hydrogen-bond acceptors (Lipinski definition) is 4. The Morgan fingerprint density at radius 1 is 1.44 bits per heavy atom. The summed E-state index contributed by atoms with van der Waals surface area (Å²) < 4.78 is 7.01. The van der Waals surface area contributed by atoms with Gasteiger partial charge < -0.3 is 9.84 Å². The van der Waals surface area contributed by atoms with E-state index in [2.05, 4.69) is 22.5 Å². The van der Waals surface area contributed by atoms with Gasteiger partial charge in [-0.2, -0.15) is 5.10 Å². The molecule has 0 amide bonds. The highest BCUT2D eigenvalue weighted by Crippen LogP contribution is 2.20. The molecule has 98 valence electrons. The highest BCUT2D eigenvalue weighted by atomic mass is 16.5. The van der Waals surface area contributed by atoms with E-state index in [4.69, 9.17) is 4.52 Å². The Balaban J connectivity index is 1.87. The third-order valence-electron chi connectivity index (χ3n) is 3.14. The smallest absolute Gasteiger partial charge is 0.138 e. The minimum absolute atomic E-state index is 0.257. The Hall–Kier alpha value is -1.62. The van der Waals surface area contributed by atoms with Crippen LogP contribution >= 0.6 is 0 Å². The Morgan fingerprint density at radius 2 is 2.22 bits per heavy atom. The second-order valence-electron chi connectivity index (χ2n) is 4.69. The van der Waals surface area contributed by atoms with E-state index in [1.54, 1.807) is 0 Å². The standard InChI is InChI=1S/C13H20N4O/c1-9(13-10(2)16-18-11(13)3)14-6-5-12-7-15-17(4)8-12/h7-9,14H,5-6H2,1-4H3. The van der Waals surface area contributed by atoms with Crippen LogP contribution in [-0.2, 0) is 13.5 Å². The zero-order valence-electron chi connectivity index (χ0n) is 11.4. The molecule has 0 fully saturated rings. The van der Waals surface area contributed by atoms with Gasteiger partial charge in [0.25, 0.3) is 0 Å². The van der Waals surface area contributed by atoms with E-state index >= 15 is 0 Å². The van der Waals surface area contributed by atoms with Crippen molar-refractivity contribution in [1.82, 2.24) is 20.3 Å². The molecular weight excluding hydrogens is 228 g/mol. The van der Waals surface area contributed by atoms with Crippen molar-refractivity contribution in [1.29, 1.82) is 0 Å². The van der Waals surface area contributed by atoms with Gasteiger partial charge in [-0.3, -0.25) is 4.68 Å². The topological polar surface area (TPSA) is 55.9 Å². The fourth-order valence-corrected chi connectivity index (χ4v) is 2.24. The average Bonchev–Trinajstić information content (AvgIpc) is 2.86. The van der Waals surface area contributed by atoms with Crippen LogP contribution in [0.2, 0.25) is 0 Å². The van der Waals surface area contributed by atoms with Crippen LogP contribution < -0.4 is 5.32 Å². The summed E-state index contributed by atoms with van der Waals surface area (Å²) in [5, 5.41) is 11.6. The number of rotatable bonds is 5. The van der Waals surface area contributed by atoms with Gasteiger partial charge in [0.15, 0.2) is 0 Å². The minimum Gasteiger partial charge on any atom is -0.361 e. The highest BCUT2D eigenvalue weighted by Gasteiger charge is 2.15. The van der Waals surface area contributed by atoms with Crippen molar-refractivity contribution in [2.45, 2.75) is 33.2 Å². The molecule has 1 N–H and O–H groups in total. The number of nitrogens with zero attached hydrogens (tertiary/aromatic N) is 3. The van der Waals surface area contributed by atoms with Gasteiger partial charge in [-0.25, -0.2) is 0 Å². The average molecular weight is 248 g/mol. The molecule has 0 radical (unpaired) electrons. The van der Waals surface area contributed by atoms with Gasteiger partial charge >= 0.3 is 0 Å². The maximum Gasteiger partial charge on any atom is 0.138 e. The van der Waals surface area contributed by atoms with Crippen LogP contribution in [0, 0.1) is 13.8 Å². The van der Waals surface area contributed by atoms with Gasteiger partial charge in [0.1, 0.15) is 5.76 Å². The van der Waals surface area contributed by atoms with Crippen LogP contribution in [-0.4, -0.2) is 21.5 Å². The van der Waals surface area contributed by atoms with Gasteiger partial charge in [-0.15, -0.1) is 0 Å². The maximum absolute atomic E-state index is 5.18.